The number of rotatable bonds is 2. The molecule has 0 radical (unpaired) electrons. The molecule has 1 aliphatic carbocycles. The zero-order chi connectivity index (χ0) is 10.8. The van der Waals surface area contributed by atoms with Gasteiger partial charge in [0.05, 0.1) is 17.2 Å². The van der Waals surface area contributed by atoms with Gasteiger partial charge < -0.3 is 10.5 Å². The standard InChI is InChI=1S/C10H12N4O/c1-2-12-8-4-3-7(11)9-10(8)14(15)6-5-13-9/h3-6,11-12,15H,2H2,1H3. The number of nitrogens with zero attached hydrogens (tertiary/aromatic N) is 2. The van der Waals surface area contributed by atoms with Gasteiger partial charge in [-0.2, -0.15) is 4.73 Å². The molecule has 0 bridgehead atoms. The number of nitrogens with one attached hydrogen (secondary N) is 2. The van der Waals surface area contributed by atoms with Crippen molar-refractivity contribution in [3.63, 3.8) is 0 Å². The molecule has 5 heteroatoms. The van der Waals surface area contributed by atoms with E-state index < -0.39 is 0 Å². The highest BCUT2D eigenvalue weighted by Gasteiger charge is 2.13. The lowest BCUT2D eigenvalue weighted by Crippen LogP contribution is -2.15. The van der Waals surface area contributed by atoms with Gasteiger partial charge in [0.15, 0.2) is 0 Å². The second-order valence-corrected chi connectivity index (χ2v) is 3.16. The molecule has 2 rings (SSSR count). The lowest BCUT2D eigenvalue weighted by molar-refractivity contribution is 0.188. The number of hydrogen-bond acceptors (Lipinski definition) is 4. The molecule has 1 heterocycles. The molecule has 0 atom stereocenters. The predicted octanol–water partition coefficient (Wildman–Crippen LogP) is 1.14. The van der Waals surface area contributed by atoms with Crippen LogP contribution in [0.5, 0.6) is 0 Å². The smallest absolute Gasteiger partial charge is 0.130 e. The van der Waals surface area contributed by atoms with Gasteiger partial charge >= 0.3 is 0 Å². The summed E-state index contributed by atoms with van der Waals surface area (Å²) in [4.78, 5) is 4.08. The molecule has 5 nitrogen and oxygen atoms in total. The third-order valence-electron chi connectivity index (χ3n) is 2.16. The Morgan fingerprint density at radius 1 is 1.53 bits per heavy atom. The highest BCUT2D eigenvalue weighted by atomic mass is 16.5. The van der Waals surface area contributed by atoms with Crippen molar-refractivity contribution in [2.24, 2.45) is 0 Å². The minimum Gasteiger partial charge on any atom is -0.428 e. The lowest BCUT2D eigenvalue weighted by atomic mass is 10.1. The molecule has 3 N–H and O–H groups in total. The molecule has 2 aliphatic rings. The van der Waals surface area contributed by atoms with Crippen LogP contribution < -0.4 is 10.7 Å². The maximum atomic E-state index is 9.66. The van der Waals surface area contributed by atoms with Crippen LogP contribution in [0.25, 0.3) is 11.4 Å². The molecule has 0 saturated carbocycles. The van der Waals surface area contributed by atoms with Gasteiger partial charge in [-0.3, -0.25) is 10.4 Å². The van der Waals surface area contributed by atoms with E-state index in [-0.39, 0.29) is 0 Å². The third-order valence-corrected chi connectivity index (χ3v) is 2.16. The van der Waals surface area contributed by atoms with Crippen molar-refractivity contribution in [2.45, 2.75) is 6.92 Å². The highest BCUT2D eigenvalue weighted by Crippen LogP contribution is 2.23. The monoisotopic (exact) mass is 204 g/mol. The van der Waals surface area contributed by atoms with Crippen LogP contribution in [0.3, 0.4) is 0 Å². The lowest BCUT2D eigenvalue weighted by Gasteiger charge is -2.14. The maximum Gasteiger partial charge on any atom is 0.130 e. The Morgan fingerprint density at radius 2 is 2.33 bits per heavy atom. The second kappa shape index (κ2) is 3.61. The van der Waals surface area contributed by atoms with Crippen LogP contribution >= 0.6 is 0 Å². The van der Waals surface area contributed by atoms with Crippen molar-refractivity contribution < 1.29 is 5.21 Å². The average molecular weight is 204 g/mol. The first-order valence-corrected chi connectivity index (χ1v) is 4.72. The molecule has 0 fully saturated rings. The van der Waals surface area contributed by atoms with Crippen LogP contribution in [0.4, 0.5) is 5.69 Å². The maximum absolute atomic E-state index is 9.66. The van der Waals surface area contributed by atoms with Crippen LogP contribution in [0.2, 0.25) is 0 Å². The molecule has 0 aromatic heterocycles. The molecule has 0 spiro atoms. The molecule has 0 aromatic rings. The quantitative estimate of drug-likeness (QED) is 0.642. The molecule has 1 aliphatic heterocycles. The summed E-state index contributed by atoms with van der Waals surface area (Å²) in [5.41, 5.74) is 1.80. The third kappa shape index (κ3) is 1.52. The molecule has 15 heavy (non-hydrogen) atoms. The van der Waals surface area contributed by atoms with Crippen molar-refractivity contribution >= 4 is 5.69 Å². The predicted molar refractivity (Wildman–Crippen MR) is 56.1 cm³/mol. The Morgan fingerprint density at radius 3 is 3.07 bits per heavy atom. The van der Waals surface area contributed by atoms with Crippen LogP contribution in [0, 0.1) is 5.41 Å². The summed E-state index contributed by atoms with van der Waals surface area (Å²) >= 11 is 0. The van der Waals surface area contributed by atoms with E-state index in [0.29, 0.717) is 16.7 Å². The van der Waals surface area contributed by atoms with Crippen molar-refractivity contribution in [3.05, 3.63) is 29.9 Å². The minimum absolute atomic E-state index is 0.301. The molecule has 0 saturated heterocycles. The summed E-state index contributed by atoms with van der Waals surface area (Å²) in [6, 6.07) is 3.43. The Balaban J connectivity index is 2.75. The average Bonchev–Trinajstić information content (AvgIpc) is 2.23. The fourth-order valence-electron chi connectivity index (χ4n) is 1.52. The summed E-state index contributed by atoms with van der Waals surface area (Å²) in [5, 5.41) is 20.7. The number of aromatic nitrogens is 2. The zero-order valence-electron chi connectivity index (χ0n) is 8.36. The summed E-state index contributed by atoms with van der Waals surface area (Å²) in [7, 11) is 0. The number of fused-ring (bicyclic) bond motifs is 1. The summed E-state index contributed by atoms with van der Waals surface area (Å²) < 4.78 is 0.984. The van der Waals surface area contributed by atoms with Gasteiger partial charge in [-0.1, -0.05) is 0 Å². The van der Waals surface area contributed by atoms with E-state index in [1.54, 1.807) is 12.1 Å². The zero-order valence-corrected chi connectivity index (χ0v) is 8.36. The van der Waals surface area contributed by atoms with Gasteiger partial charge in [0, 0.05) is 12.7 Å². The van der Waals surface area contributed by atoms with Crippen molar-refractivity contribution in [2.75, 3.05) is 11.9 Å². The molecule has 78 valence electrons. The Hall–Kier alpha value is -2.04. The van der Waals surface area contributed by atoms with Gasteiger partial charge in [0.25, 0.3) is 0 Å². The van der Waals surface area contributed by atoms with E-state index in [1.807, 2.05) is 6.92 Å². The number of hydrogen-bond donors (Lipinski definition) is 3. The first-order valence-electron chi connectivity index (χ1n) is 4.72. The highest BCUT2D eigenvalue weighted by molar-refractivity contribution is 5.72. The van der Waals surface area contributed by atoms with E-state index in [1.165, 1.54) is 12.4 Å². The topological polar surface area (TPSA) is 73.9 Å². The van der Waals surface area contributed by atoms with Crippen LogP contribution in [-0.2, 0) is 0 Å². The second-order valence-electron chi connectivity index (χ2n) is 3.16. The molecule has 0 aromatic carbocycles. The van der Waals surface area contributed by atoms with E-state index in [9.17, 15) is 5.21 Å². The Labute approximate surface area is 86.8 Å². The van der Waals surface area contributed by atoms with Crippen molar-refractivity contribution in [3.8, 4) is 11.4 Å². The van der Waals surface area contributed by atoms with Gasteiger partial charge in [-0.05, 0) is 19.1 Å². The van der Waals surface area contributed by atoms with E-state index in [2.05, 4.69) is 10.3 Å². The SMILES string of the molecule is CCNc1ccc(=N)c2nccn(O)c1-2. The number of anilines is 1. The largest absolute Gasteiger partial charge is 0.428 e. The molecule has 0 unspecified atom stereocenters. The molecular formula is C10H12N4O. The molecular weight excluding hydrogens is 192 g/mol. The summed E-state index contributed by atoms with van der Waals surface area (Å²) in [5.74, 6) is 0. The fourth-order valence-corrected chi connectivity index (χ4v) is 1.52. The summed E-state index contributed by atoms with van der Waals surface area (Å²) in [6.07, 6.45) is 2.92. The van der Waals surface area contributed by atoms with Gasteiger partial charge in [0.2, 0.25) is 0 Å². The van der Waals surface area contributed by atoms with Crippen molar-refractivity contribution in [1.82, 2.24) is 9.71 Å². The number of benzene rings is 1. The Bertz CT molecular complexity index is 505. The first kappa shape index (κ1) is 9.51. The summed E-state index contributed by atoms with van der Waals surface area (Å²) in [6.45, 7) is 2.72. The molecule has 0 amide bonds. The van der Waals surface area contributed by atoms with Crippen molar-refractivity contribution in [1.29, 1.82) is 5.41 Å². The normalized spacial score (nSPS) is 10.5. The van der Waals surface area contributed by atoms with Gasteiger partial charge in [0.1, 0.15) is 11.4 Å². The fraction of sp³-hybridized carbons (Fsp3) is 0.200. The van der Waals surface area contributed by atoms with Crippen LogP contribution in [-0.4, -0.2) is 21.5 Å². The van der Waals surface area contributed by atoms with Crippen LogP contribution in [0.1, 0.15) is 6.92 Å². The van der Waals surface area contributed by atoms with Gasteiger partial charge in [-0.25, -0.2) is 0 Å². The van der Waals surface area contributed by atoms with E-state index in [4.69, 9.17) is 5.41 Å². The Kier molecular flexibility index (Phi) is 2.29. The van der Waals surface area contributed by atoms with Gasteiger partial charge in [-0.15, -0.1) is 0 Å². The van der Waals surface area contributed by atoms with E-state index in [0.717, 1.165) is 17.0 Å². The first-order chi connectivity index (χ1) is 7.24. The minimum atomic E-state index is 0.301. The van der Waals surface area contributed by atoms with E-state index >= 15 is 0 Å². The van der Waals surface area contributed by atoms with Crippen LogP contribution in [0.15, 0.2) is 24.5 Å².